The minimum Gasteiger partial charge on any atom is -0.311 e. The number of aryl methyl sites for hydroxylation is 1. The smallest absolute Gasteiger partial charge is 0.0541 e. The topological polar surface area (TPSA) is 24.9 Å². The monoisotopic (exact) mass is 264 g/mol. The predicted octanol–water partition coefficient (Wildman–Crippen LogP) is 3.08. The molecule has 0 aliphatic heterocycles. The van der Waals surface area contributed by atoms with Crippen molar-refractivity contribution in [1.82, 2.24) is 10.3 Å². The van der Waals surface area contributed by atoms with Crippen molar-refractivity contribution in [1.29, 1.82) is 0 Å². The molecule has 1 saturated carbocycles. The summed E-state index contributed by atoms with van der Waals surface area (Å²) < 4.78 is 0. The molecule has 2 nitrogen and oxygen atoms in total. The van der Waals surface area contributed by atoms with E-state index in [4.69, 9.17) is 0 Å². The van der Waals surface area contributed by atoms with E-state index in [0.29, 0.717) is 5.41 Å². The number of hydrogen-bond donors (Lipinski definition) is 1. The van der Waals surface area contributed by atoms with E-state index >= 15 is 0 Å². The molecule has 1 aromatic carbocycles. The molecule has 1 fully saturated rings. The van der Waals surface area contributed by atoms with Crippen LogP contribution in [0.15, 0.2) is 48.7 Å². The molecule has 2 heteroatoms. The third kappa shape index (κ3) is 1.95. The fourth-order valence-electron chi connectivity index (χ4n) is 3.88. The van der Waals surface area contributed by atoms with Gasteiger partial charge < -0.3 is 5.32 Å². The molecule has 1 heterocycles. The zero-order valence-electron chi connectivity index (χ0n) is 11.7. The summed E-state index contributed by atoms with van der Waals surface area (Å²) in [5, 5.41) is 3.58. The van der Waals surface area contributed by atoms with Crippen molar-refractivity contribution < 1.29 is 0 Å². The Kier molecular flexibility index (Phi) is 2.85. The Morgan fingerprint density at radius 1 is 1.15 bits per heavy atom. The number of nitrogens with one attached hydrogen (secondary N) is 1. The minimum atomic E-state index is 0.508. The lowest BCUT2D eigenvalue weighted by Gasteiger charge is -2.12. The fourth-order valence-corrected chi connectivity index (χ4v) is 3.88. The highest BCUT2D eigenvalue weighted by Gasteiger charge is 2.57. The molecule has 2 atom stereocenters. The zero-order chi connectivity index (χ0) is 13.4. The van der Waals surface area contributed by atoms with Crippen LogP contribution in [0.3, 0.4) is 0 Å². The van der Waals surface area contributed by atoms with E-state index < -0.39 is 0 Å². The van der Waals surface area contributed by atoms with Gasteiger partial charge in [0.2, 0.25) is 0 Å². The zero-order valence-corrected chi connectivity index (χ0v) is 11.7. The van der Waals surface area contributed by atoms with Gasteiger partial charge in [0.25, 0.3) is 0 Å². The molecule has 0 radical (unpaired) electrons. The summed E-state index contributed by atoms with van der Waals surface area (Å²) in [7, 11) is 0. The molecule has 1 N–H and O–H groups in total. The van der Waals surface area contributed by atoms with E-state index in [0.717, 1.165) is 24.7 Å². The van der Waals surface area contributed by atoms with E-state index in [-0.39, 0.29) is 0 Å². The number of pyridine rings is 1. The summed E-state index contributed by atoms with van der Waals surface area (Å²) in [5.41, 5.74) is 4.85. The van der Waals surface area contributed by atoms with Crippen molar-refractivity contribution in [3.8, 4) is 0 Å². The Morgan fingerprint density at radius 2 is 2.05 bits per heavy atom. The summed E-state index contributed by atoms with van der Waals surface area (Å²) in [6, 6.07) is 15.1. The molecule has 0 bridgehead atoms. The van der Waals surface area contributed by atoms with Gasteiger partial charge in [-0.2, -0.15) is 0 Å². The lowest BCUT2D eigenvalue weighted by Crippen LogP contribution is -2.20. The Morgan fingerprint density at radius 3 is 2.95 bits per heavy atom. The molecule has 2 aliphatic carbocycles. The van der Waals surface area contributed by atoms with Gasteiger partial charge in [0.15, 0.2) is 0 Å². The average Bonchev–Trinajstić information content (AvgIpc) is 3.08. The quantitative estimate of drug-likeness (QED) is 0.918. The maximum atomic E-state index is 4.36. The van der Waals surface area contributed by atoms with E-state index in [9.17, 15) is 0 Å². The highest BCUT2D eigenvalue weighted by Crippen LogP contribution is 2.61. The van der Waals surface area contributed by atoms with Gasteiger partial charge in [-0.05, 0) is 55.0 Å². The summed E-state index contributed by atoms with van der Waals surface area (Å²) in [6.07, 6.45) is 5.84. The first kappa shape index (κ1) is 12.1. The van der Waals surface area contributed by atoms with Crippen LogP contribution in [0.5, 0.6) is 0 Å². The second kappa shape index (κ2) is 4.71. The van der Waals surface area contributed by atoms with Crippen LogP contribution in [-0.2, 0) is 18.4 Å². The van der Waals surface area contributed by atoms with Gasteiger partial charge in [0, 0.05) is 18.2 Å². The predicted molar refractivity (Wildman–Crippen MR) is 80.5 cm³/mol. The Balaban J connectivity index is 1.37. The van der Waals surface area contributed by atoms with Crippen molar-refractivity contribution >= 4 is 0 Å². The van der Waals surface area contributed by atoms with Gasteiger partial charge in [0.05, 0.1) is 5.69 Å². The third-order valence-electron chi connectivity index (χ3n) is 5.05. The summed E-state index contributed by atoms with van der Waals surface area (Å²) in [5.74, 6) is 0.815. The summed E-state index contributed by atoms with van der Waals surface area (Å²) in [6.45, 7) is 2.00. The van der Waals surface area contributed by atoms with Crippen molar-refractivity contribution in [3.63, 3.8) is 0 Å². The number of nitrogens with zero attached hydrogens (tertiary/aromatic N) is 1. The van der Waals surface area contributed by atoms with Crippen molar-refractivity contribution in [2.75, 3.05) is 6.54 Å². The average molecular weight is 264 g/mol. The number of rotatable bonds is 4. The molecule has 102 valence electrons. The van der Waals surface area contributed by atoms with E-state index in [1.54, 1.807) is 11.1 Å². The van der Waals surface area contributed by atoms with E-state index in [1.165, 1.54) is 19.3 Å². The molecule has 1 spiro atoms. The molecule has 2 unspecified atom stereocenters. The van der Waals surface area contributed by atoms with Crippen molar-refractivity contribution in [2.24, 2.45) is 5.92 Å². The normalized spacial score (nSPS) is 26.7. The first-order valence-corrected chi connectivity index (χ1v) is 7.57. The Bertz CT molecular complexity index is 608. The molecule has 20 heavy (non-hydrogen) atoms. The van der Waals surface area contributed by atoms with Gasteiger partial charge >= 0.3 is 0 Å². The molecule has 0 amide bonds. The van der Waals surface area contributed by atoms with E-state index in [1.807, 2.05) is 12.3 Å². The van der Waals surface area contributed by atoms with Gasteiger partial charge in [-0.15, -0.1) is 0 Å². The standard InChI is InChI=1S/C18H20N2/c1-2-7-17-14(5-1)8-9-18(17)11-15(18)12-19-13-16-6-3-4-10-20-16/h1-7,10,15,19H,8-9,11-13H2. The van der Waals surface area contributed by atoms with Crippen LogP contribution in [0, 0.1) is 5.92 Å². The van der Waals surface area contributed by atoms with Crippen LogP contribution in [0.1, 0.15) is 29.7 Å². The number of aromatic nitrogens is 1. The second-order valence-corrected chi connectivity index (χ2v) is 6.17. The van der Waals surface area contributed by atoms with Crippen LogP contribution in [0.25, 0.3) is 0 Å². The number of fused-ring (bicyclic) bond motifs is 2. The van der Waals surface area contributed by atoms with E-state index in [2.05, 4.69) is 46.7 Å². The van der Waals surface area contributed by atoms with Crippen molar-refractivity contribution in [3.05, 3.63) is 65.5 Å². The van der Waals surface area contributed by atoms with Crippen LogP contribution in [-0.4, -0.2) is 11.5 Å². The molecule has 4 rings (SSSR count). The van der Waals surface area contributed by atoms with Gasteiger partial charge in [0.1, 0.15) is 0 Å². The van der Waals surface area contributed by atoms with Gasteiger partial charge in [-0.25, -0.2) is 0 Å². The highest BCUT2D eigenvalue weighted by molar-refractivity contribution is 5.45. The van der Waals surface area contributed by atoms with Crippen LogP contribution in [0.2, 0.25) is 0 Å². The maximum Gasteiger partial charge on any atom is 0.0541 e. The molecule has 0 saturated heterocycles. The Hall–Kier alpha value is -1.67. The molecule has 2 aliphatic rings. The highest BCUT2D eigenvalue weighted by atomic mass is 14.9. The first-order valence-electron chi connectivity index (χ1n) is 7.57. The fraction of sp³-hybridized carbons (Fsp3) is 0.389. The number of benzene rings is 1. The lowest BCUT2D eigenvalue weighted by atomic mass is 9.95. The Labute approximate surface area is 120 Å². The molecule has 1 aromatic heterocycles. The largest absolute Gasteiger partial charge is 0.311 e. The molecular formula is C18H20N2. The maximum absolute atomic E-state index is 4.36. The SMILES string of the molecule is c1ccc(CNCC2CC23CCc2ccccc23)nc1. The minimum absolute atomic E-state index is 0.508. The second-order valence-electron chi connectivity index (χ2n) is 6.17. The first-order chi connectivity index (χ1) is 9.88. The van der Waals surface area contributed by atoms with Crippen LogP contribution >= 0.6 is 0 Å². The van der Waals surface area contributed by atoms with Gasteiger partial charge in [-0.1, -0.05) is 30.3 Å². The van der Waals surface area contributed by atoms with Crippen LogP contribution in [0.4, 0.5) is 0 Å². The third-order valence-corrected chi connectivity index (χ3v) is 5.05. The van der Waals surface area contributed by atoms with Gasteiger partial charge in [-0.3, -0.25) is 4.98 Å². The lowest BCUT2D eigenvalue weighted by molar-refractivity contribution is 0.545. The number of hydrogen-bond acceptors (Lipinski definition) is 2. The molecular weight excluding hydrogens is 244 g/mol. The summed E-state index contributed by atoms with van der Waals surface area (Å²) in [4.78, 5) is 4.36. The summed E-state index contributed by atoms with van der Waals surface area (Å²) >= 11 is 0. The van der Waals surface area contributed by atoms with Crippen LogP contribution < -0.4 is 5.32 Å². The molecule has 2 aromatic rings. The van der Waals surface area contributed by atoms with Crippen molar-refractivity contribution in [2.45, 2.75) is 31.2 Å².